The molecule has 1 aromatic carbocycles. The molecule has 2 fully saturated rings. The molecule has 2 saturated heterocycles. The van der Waals surface area contributed by atoms with Crippen LogP contribution >= 0.6 is 15.9 Å². The fraction of sp³-hybridized carbons (Fsp3) is 0.500. The number of piperidine rings is 1. The van der Waals surface area contributed by atoms with E-state index in [0.29, 0.717) is 22.2 Å². The third kappa shape index (κ3) is 2.48. The highest BCUT2D eigenvalue weighted by atomic mass is 79.9. The Labute approximate surface area is 120 Å². The van der Waals surface area contributed by atoms with E-state index in [2.05, 4.69) is 21.2 Å². The molecule has 0 aromatic heterocycles. The van der Waals surface area contributed by atoms with Crippen LogP contribution in [0.15, 0.2) is 22.7 Å². The van der Waals surface area contributed by atoms with Crippen molar-refractivity contribution in [3.05, 3.63) is 28.5 Å². The first-order valence-electron chi connectivity index (χ1n) is 6.69. The average Bonchev–Trinajstić information content (AvgIpc) is 2.64. The number of carbonyl (C=O) groups excluding carboxylic acids is 1. The Bertz CT molecular complexity index is 492. The number of fused-ring (bicyclic) bond motifs is 2. The number of nitrogens with zero attached hydrogens (tertiary/aromatic N) is 1. The Morgan fingerprint density at radius 2 is 1.95 bits per heavy atom. The normalized spacial score (nSPS) is 25.5. The molecule has 2 unspecified atom stereocenters. The molecular weight excluding hydrogens is 311 g/mol. The fourth-order valence-electron chi connectivity index (χ4n) is 3.21. The van der Waals surface area contributed by atoms with Crippen molar-refractivity contribution in [2.75, 3.05) is 5.32 Å². The first kappa shape index (κ1) is 12.9. The predicted molar refractivity (Wildman–Crippen MR) is 75.6 cm³/mol. The van der Waals surface area contributed by atoms with Gasteiger partial charge in [-0.15, -0.1) is 0 Å². The van der Waals surface area contributed by atoms with Crippen LogP contribution in [0.1, 0.15) is 32.1 Å². The van der Waals surface area contributed by atoms with Crippen molar-refractivity contribution < 1.29 is 9.18 Å². The highest BCUT2D eigenvalue weighted by Crippen LogP contribution is 2.35. The van der Waals surface area contributed by atoms with Gasteiger partial charge in [0, 0.05) is 17.8 Å². The molecular formula is C14H16BrFN2O. The molecule has 0 saturated carbocycles. The number of amides is 2. The van der Waals surface area contributed by atoms with Crippen LogP contribution in [-0.4, -0.2) is 23.0 Å². The quantitative estimate of drug-likeness (QED) is 0.826. The fourth-order valence-corrected chi connectivity index (χ4v) is 3.46. The van der Waals surface area contributed by atoms with Crippen LogP contribution in [0.2, 0.25) is 0 Å². The molecule has 0 aliphatic carbocycles. The van der Waals surface area contributed by atoms with E-state index in [9.17, 15) is 9.18 Å². The van der Waals surface area contributed by atoms with Crippen LogP contribution in [0.3, 0.4) is 0 Å². The largest absolute Gasteiger partial charge is 0.322 e. The lowest BCUT2D eigenvalue weighted by Crippen LogP contribution is -2.46. The summed E-state index contributed by atoms with van der Waals surface area (Å²) in [4.78, 5) is 14.3. The second-order valence-corrected chi connectivity index (χ2v) is 6.14. The van der Waals surface area contributed by atoms with Crippen LogP contribution in [0, 0.1) is 5.82 Å². The maximum Gasteiger partial charge on any atom is 0.322 e. The number of nitrogens with one attached hydrogen (secondary N) is 1. The van der Waals surface area contributed by atoms with Gasteiger partial charge in [0.25, 0.3) is 0 Å². The average molecular weight is 327 g/mol. The van der Waals surface area contributed by atoms with Gasteiger partial charge >= 0.3 is 6.03 Å². The van der Waals surface area contributed by atoms with E-state index in [0.717, 1.165) is 25.7 Å². The van der Waals surface area contributed by atoms with Gasteiger partial charge in [0.2, 0.25) is 0 Å². The van der Waals surface area contributed by atoms with Crippen molar-refractivity contribution in [1.82, 2.24) is 4.90 Å². The number of carbonyl (C=O) groups is 1. The highest BCUT2D eigenvalue weighted by Gasteiger charge is 2.39. The summed E-state index contributed by atoms with van der Waals surface area (Å²) in [5, 5.41) is 2.81. The molecule has 19 heavy (non-hydrogen) atoms. The molecule has 1 aromatic rings. The summed E-state index contributed by atoms with van der Waals surface area (Å²) >= 11 is 3.10. The van der Waals surface area contributed by atoms with E-state index in [1.54, 1.807) is 12.1 Å². The Morgan fingerprint density at radius 1 is 1.26 bits per heavy atom. The monoisotopic (exact) mass is 326 g/mol. The van der Waals surface area contributed by atoms with Gasteiger partial charge in [0.15, 0.2) is 0 Å². The van der Waals surface area contributed by atoms with Crippen molar-refractivity contribution in [3.8, 4) is 0 Å². The number of halogens is 2. The molecule has 2 aliphatic heterocycles. The number of benzene rings is 1. The standard InChI is InChI=1S/C14H16BrFN2O/c15-12-7-4-9(8-13(12)16)17-14(19)18-10-2-1-3-11(18)6-5-10/h4,7-8,10-11H,1-3,5-6H2,(H,17,19). The molecule has 2 bridgehead atoms. The van der Waals surface area contributed by atoms with Crippen molar-refractivity contribution in [1.29, 1.82) is 0 Å². The van der Waals surface area contributed by atoms with Gasteiger partial charge in [-0.2, -0.15) is 0 Å². The first-order chi connectivity index (χ1) is 9.15. The third-order valence-corrected chi connectivity index (χ3v) is 4.74. The Hall–Kier alpha value is -1.10. The summed E-state index contributed by atoms with van der Waals surface area (Å²) in [5.74, 6) is -0.362. The van der Waals surface area contributed by atoms with E-state index in [-0.39, 0.29) is 11.8 Å². The molecule has 0 radical (unpaired) electrons. The molecule has 0 spiro atoms. The maximum absolute atomic E-state index is 13.4. The summed E-state index contributed by atoms with van der Waals surface area (Å²) in [6.45, 7) is 0. The molecule has 2 atom stereocenters. The van der Waals surface area contributed by atoms with Crippen LogP contribution < -0.4 is 5.32 Å². The number of hydrogen-bond acceptors (Lipinski definition) is 1. The number of hydrogen-bond donors (Lipinski definition) is 1. The lowest BCUT2D eigenvalue weighted by molar-refractivity contribution is 0.159. The molecule has 2 aliphatic rings. The molecule has 3 rings (SSSR count). The minimum atomic E-state index is -0.362. The minimum absolute atomic E-state index is 0.0890. The molecule has 2 amide bonds. The number of rotatable bonds is 1. The topological polar surface area (TPSA) is 32.3 Å². The third-order valence-electron chi connectivity index (χ3n) is 4.10. The van der Waals surface area contributed by atoms with Crippen LogP contribution in [-0.2, 0) is 0 Å². The van der Waals surface area contributed by atoms with Gasteiger partial charge in [-0.1, -0.05) is 0 Å². The predicted octanol–water partition coefficient (Wildman–Crippen LogP) is 4.14. The molecule has 102 valence electrons. The van der Waals surface area contributed by atoms with E-state index in [4.69, 9.17) is 0 Å². The zero-order valence-electron chi connectivity index (χ0n) is 10.5. The molecule has 1 N–H and O–H groups in total. The van der Waals surface area contributed by atoms with Gasteiger partial charge in [0.1, 0.15) is 5.82 Å². The summed E-state index contributed by atoms with van der Waals surface area (Å²) in [7, 11) is 0. The summed E-state index contributed by atoms with van der Waals surface area (Å²) in [6, 6.07) is 5.31. The van der Waals surface area contributed by atoms with E-state index >= 15 is 0 Å². The van der Waals surface area contributed by atoms with Crippen molar-refractivity contribution in [3.63, 3.8) is 0 Å². The second kappa shape index (κ2) is 5.12. The summed E-state index contributed by atoms with van der Waals surface area (Å²) in [5.41, 5.74) is 0.510. The summed E-state index contributed by atoms with van der Waals surface area (Å²) < 4.78 is 13.8. The van der Waals surface area contributed by atoms with Gasteiger partial charge in [-0.05, 0) is 66.2 Å². The van der Waals surface area contributed by atoms with Gasteiger partial charge in [0.05, 0.1) is 4.47 Å². The van der Waals surface area contributed by atoms with Crippen molar-refractivity contribution in [2.24, 2.45) is 0 Å². The Morgan fingerprint density at radius 3 is 2.58 bits per heavy atom. The van der Waals surface area contributed by atoms with Crippen LogP contribution in [0.5, 0.6) is 0 Å². The van der Waals surface area contributed by atoms with E-state index in [1.165, 1.54) is 12.5 Å². The number of urea groups is 1. The van der Waals surface area contributed by atoms with Gasteiger partial charge in [-0.3, -0.25) is 0 Å². The Kier molecular flexibility index (Phi) is 3.48. The van der Waals surface area contributed by atoms with Crippen LogP contribution in [0.25, 0.3) is 0 Å². The van der Waals surface area contributed by atoms with E-state index in [1.807, 2.05) is 4.90 Å². The smallest absolute Gasteiger partial charge is 0.319 e. The zero-order valence-corrected chi connectivity index (χ0v) is 12.1. The molecule has 5 heteroatoms. The van der Waals surface area contributed by atoms with Gasteiger partial charge < -0.3 is 10.2 Å². The number of anilines is 1. The Balaban J connectivity index is 1.72. The highest BCUT2D eigenvalue weighted by molar-refractivity contribution is 9.10. The van der Waals surface area contributed by atoms with Gasteiger partial charge in [-0.25, -0.2) is 9.18 Å². The summed E-state index contributed by atoms with van der Waals surface area (Å²) in [6.07, 6.45) is 5.61. The maximum atomic E-state index is 13.4. The second-order valence-electron chi connectivity index (χ2n) is 5.28. The molecule has 2 heterocycles. The minimum Gasteiger partial charge on any atom is -0.319 e. The lowest BCUT2D eigenvalue weighted by atomic mass is 10.0. The van der Waals surface area contributed by atoms with Crippen molar-refractivity contribution >= 4 is 27.6 Å². The lowest BCUT2D eigenvalue weighted by Gasteiger charge is -2.34. The van der Waals surface area contributed by atoms with Crippen LogP contribution in [0.4, 0.5) is 14.9 Å². The van der Waals surface area contributed by atoms with Crippen molar-refractivity contribution in [2.45, 2.75) is 44.2 Å². The zero-order chi connectivity index (χ0) is 13.4. The SMILES string of the molecule is O=C(Nc1ccc(Br)c(F)c1)N1C2CCCC1CC2. The molecule has 3 nitrogen and oxygen atoms in total. The first-order valence-corrected chi connectivity index (χ1v) is 7.49. The van der Waals surface area contributed by atoms with E-state index < -0.39 is 0 Å².